The molecule has 0 aromatic heterocycles. The van der Waals surface area contributed by atoms with Crippen LogP contribution in [0.1, 0.15) is 37.8 Å². The Bertz CT molecular complexity index is 560. The Kier molecular flexibility index (Phi) is 7.72. The molecule has 0 amide bonds. The molecule has 3 unspecified atom stereocenters. The number of hydrogen-bond donors (Lipinski definition) is 2. The summed E-state index contributed by atoms with van der Waals surface area (Å²) in [6.45, 7) is 13.3. The van der Waals surface area contributed by atoms with Crippen molar-refractivity contribution in [1.29, 1.82) is 0 Å². The van der Waals surface area contributed by atoms with Crippen molar-refractivity contribution in [3.05, 3.63) is 35.4 Å². The van der Waals surface area contributed by atoms with Gasteiger partial charge in [0.05, 0.1) is 13.2 Å². The fourth-order valence-electron chi connectivity index (χ4n) is 3.32. The second kappa shape index (κ2) is 9.78. The maximum absolute atomic E-state index is 5.53. The summed E-state index contributed by atoms with van der Waals surface area (Å²) in [5.74, 6) is 1.31. The van der Waals surface area contributed by atoms with E-state index in [4.69, 9.17) is 4.74 Å². The summed E-state index contributed by atoms with van der Waals surface area (Å²) in [6.07, 6.45) is 0. The number of rotatable bonds is 6. The highest BCUT2D eigenvalue weighted by Gasteiger charge is 2.23. The first-order valence-electron chi connectivity index (χ1n) is 9.35. The average Bonchev–Trinajstić information content (AvgIpc) is 2.61. The monoisotopic (exact) mass is 346 g/mol. The minimum Gasteiger partial charge on any atom is -0.379 e. The van der Waals surface area contributed by atoms with Gasteiger partial charge in [-0.1, -0.05) is 36.8 Å². The highest BCUT2D eigenvalue weighted by Crippen LogP contribution is 2.15. The zero-order valence-electron chi connectivity index (χ0n) is 16.4. The molecule has 25 heavy (non-hydrogen) atoms. The molecular weight excluding hydrogens is 312 g/mol. The maximum atomic E-state index is 5.53. The number of hydrogen-bond acceptors (Lipinski definition) is 3. The first kappa shape index (κ1) is 19.7. The molecule has 1 aromatic rings. The number of morpholine rings is 1. The molecule has 1 heterocycles. The number of aliphatic imine (C=N–C) groups is 1. The Morgan fingerprint density at radius 3 is 2.76 bits per heavy atom. The first-order valence-corrected chi connectivity index (χ1v) is 9.35. The van der Waals surface area contributed by atoms with Crippen LogP contribution in [0.3, 0.4) is 0 Å². The lowest BCUT2D eigenvalue weighted by Gasteiger charge is -2.38. The molecule has 5 nitrogen and oxygen atoms in total. The number of ether oxygens (including phenoxy) is 1. The lowest BCUT2D eigenvalue weighted by Crippen LogP contribution is -2.53. The smallest absolute Gasteiger partial charge is 0.191 e. The lowest BCUT2D eigenvalue weighted by molar-refractivity contribution is -0.0174. The summed E-state index contributed by atoms with van der Waals surface area (Å²) in [5.41, 5.74) is 2.67. The second-order valence-electron chi connectivity index (χ2n) is 7.16. The van der Waals surface area contributed by atoms with Gasteiger partial charge in [-0.2, -0.15) is 0 Å². The van der Waals surface area contributed by atoms with Crippen molar-refractivity contribution < 1.29 is 4.74 Å². The van der Waals surface area contributed by atoms with Gasteiger partial charge in [0.1, 0.15) is 0 Å². The van der Waals surface area contributed by atoms with Crippen LogP contribution in [-0.2, 0) is 4.74 Å². The van der Waals surface area contributed by atoms with E-state index in [2.05, 4.69) is 72.5 Å². The number of nitrogens with one attached hydrogen (secondary N) is 2. The summed E-state index contributed by atoms with van der Waals surface area (Å²) in [5, 5.41) is 6.91. The molecule has 0 aliphatic carbocycles. The molecule has 1 aliphatic heterocycles. The number of benzene rings is 1. The standard InChI is InChI=1S/C20H34N4O/c1-15-7-6-8-19(11-15)16(2)12-22-20(21-5)23-13-17(3)24-9-10-25-14-18(24)4/h6-8,11,16-18H,9-10,12-14H2,1-5H3,(H2,21,22,23). The highest BCUT2D eigenvalue weighted by molar-refractivity contribution is 5.79. The third kappa shape index (κ3) is 6.01. The van der Waals surface area contributed by atoms with Gasteiger partial charge in [0, 0.05) is 38.8 Å². The Labute approximate surface area is 152 Å². The zero-order valence-corrected chi connectivity index (χ0v) is 16.4. The van der Waals surface area contributed by atoms with Crippen molar-refractivity contribution in [3.63, 3.8) is 0 Å². The van der Waals surface area contributed by atoms with Gasteiger partial charge in [-0.3, -0.25) is 9.89 Å². The van der Waals surface area contributed by atoms with Crippen molar-refractivity contribution in [2.24, 2.45) is 4.99 Å². The summed E-state index contributed by atoms with van der Waals surface area (Å²) < 4.78 is 5.53. The Morgan fingerprint density at radius 1 is 1.32 bits per heavy atom. The zero-order chi connectivity index (χ0) is 18.2. The Morgan fingerprint density at radius 2 is 2.08 bits per heavy atom. The summed E-state index contributed by atoms with van der Waals surface area (Å²) in [7, 11) is 1.83. The number of guanidine groups is 1. The van der Waals surface area contributed by atoms with E-state index in [-0.39, 0.29) is 0 Å². The van der Waals surface area contributed by atoms with Crippen LogP contribution in [0, 0.1) is 6.92 Å². The van der Waals surface area contributed by atoms with Crippen LogP contribution in [0.5, 0.6) is 0 Å². The van der Waals surface area contributed by atoms with Crippen LogP contribution in [0.2, 0.25) is 0 Å². The molecule has 0 saturated carbocycles. The molecular formula is C20H34N4O. The molecule has 0 radical (unpaired) electrons. The molecule has 140 valence electrons. The maximum Gasteiger partial charge on any atom is 0.191 e. The van der Waals surface area contributed by atoms with Crippen LogP contribution in [0.4, 0.5) is 0 Å². The number of aryl methyl sites for hydroxylation is 1. The van der Waals surface area contributed by atoms with Gasteiger partial charge in [0.25, 0.3) is 0 Å². The van der Waals surface area contributed by atoms with E-state index >= 15 is 0 Å². The third-order valence-corrected chi connectivity index (χ3v) is 4.96. The molecule has 3 atom stereocenters. The van der Waals surface area contributed by atoms with E-state index in [1.165, 1.54) is 11.1 Å². The Hall–Kier alpha value is -1.59. The largest absolute Gasteiger partial charge is 0.379 e. The van der Waals surface area contributed by atoms with Crippen molar-refractivity contribution >= 4 is 5.96 Å². The molecule has 1 aliphatic rings. The first-order chi connectivity index (χ1) is 12.0. The van der Waals surface area contributed by atoms with Gasteiger partial charge in [0.2, 0.25) is 0 Å². The van der Waals surface area contributed by atoms with Crippen LogP contribution < -0.4 is 10.6 Å². The summed E-state index contributed by atoms with van der Waals surface area (Å²) in [6, 6.07) is 9.63. The van der Waals surface area contributed by atoms with E-state index in [9.17, 15) is 0 Å². The van der Waals surface area contributed by atoms with E-state index in [1.54, 1.807) is 0 Å². The van der Waals surface area contributed by atoms with Gasteiger partial charge in [0.15, 0.2) is 5.96 Å². The number of nitrogens with zero attached hydrogens (tertiary/aromatic N) is 2. The van der Waals surface area contributed by atoms with Gasteiger partial charge < -0.3 is 15.4 Å². The minimum atomic E-state index is 0.440. The van der Waals surface area contributed by atoms with E-state index in [1.807, 2.05) is 7.05 Å². The topological polar surface area (TPSA) is 48.9 Å². The molecule has 2 N–H and O–H groups in total. The predicted octanol–water partition coefficient (Wildman–Crippen LogP) is 2.37. The average molecular weight is 347 g/mol. The molecule has 2 rings (SSSR count). The quantitative estimate of drug-likeness (QED) is 0.613. The summed E-state index contributed by atoms with van der Waals surface area (Å²) in [4.78, 5) is 6.86. The molecule has 5 heteroatoms. The SMILES string of the molecule is CN=C(NCC(C)c1cccc(C)c1)NCC(C)N1CCOCC1C. The van der Waals surface area contributed by atoms with Gasteiger partial charge >= 0.3 is 0 Å². The van der Waals surface area contributed by atoms with E-state index in [0.717, 1.165) is 38.8 Å². The molecule has 1 fully saturated rings. The van der Waals surface area contributed by atoms with E-state index < -0.39 is 0 Å². The fraction of sp³-hybridized carbons (Fsp3) is 0.650. The van der Waals surface area contributed by atoms with Gasteiger partial charge in [-0.05, 0) is 32.3 Å². The highest BCUT2D eigenvalue weighted by atomic mass is 16.5. The van der Waals surface area contributed by atoms with E-state index in [0.29, 0.717) is 18.0 Å². The van der Waals surface area contributed by atoms with Gasteiger partial charge in [-0.15, -0.1) is 0 Å². The van der Waals surface area contributed by atoms with Crippen molar-refractivity contribution in [1.82, 2.24) is 15.5 Å². The van der Waals surface area contributed by atoms with Crippen molar-refractivity contribution in [3.8, 4) is 0 Å². The van der Waals surface area contributed by atoms with Crippen LogP contribution >= 0.6 is 0 Å². The van der Waals surface area contributed by atoms with Crippen LogP contribution in [-0.4, -0.2) is 62.8 Å². The third-order valence-electron chi connectivity index (χ3n) is 4.96. The normalized spacial score (nSPS) is 21.6. The second-order valence-corrected chi connectivity index (χ2v) is 7.16. The molecule has 0 bridgehead atoms. The lowest BCUT2D eigenvalue weighted by atomic mass is 9.99. The molecule has 1 saturated heterocycles. The summed E-state index contributed by atoms with van der Waals surface area (Å²) >= 11 is 0. The Balaban J connectivity index is 1.78. The predicted molar refractivity (Wildman–Crippen MR) is 105 cm³/mol. The minimum absolute atomic E-state index is 0.440. The molecule has 0 spiro atoms. The van der Waals surface area contributed by atoms with Gasteiger partial charge in [-0.25, -0.2) is 0 Å². The van der Waals surface area contributed by atoms with Crippen LogP contribution in [0.25, 0.3) is 0 Å². The van der Waals surface area contributed by atoms with Crippen molar-refractivity contribution in [2.75, 3.05) is 39.9 Å². The van der Waals surface area contributed by atoms with Crippen LogP contribution in [0.15, 0.2) is 29.3 Å². The van der Waals surface area contributed by atoms with Crippen molar-refractivity contribution in [2.45, 2.75) is 45.7 Å². The fourth-order valence-corrected chi connectivity index (χ4v) is 3.32. The molecule has 1 aromatic carbocycles.